The number of fused-ring (bicyclic) bond motifs is 1. The molecule has 0 radical (unpaired) electrons. The first-order chi connectivity index (χ1) is 12.4. The summed E-state index contributed by atoms with van der Waals surface area (Å²) in [7, 11) is 0. The molecule has 0 aliphatic carbocycles. The van der Waals surface area contributed by atoms with Gasteiger partial charge in [0.1, 0.15) is 5.82 Å². The fraction of sp³-hybridized carbons (Fsp3) is 0.810. The number of nitrogens with one attached hydrogen (secondary N) is 2. The van der Waals surface area contributed by atoms with Gasteiger partial charge in [0.05, 0.1) is 0 Å². The third kappa shape index (κ3) is 4.48. The molecule has 1 aromatic rings. The van der Waals surface area contributed by atoms with Gasteiger partial charge < -0.3 is 15.5 Å². The van der Waals surface area contributed by atoms with Crippen molar-refractivity contribution in [2.45, 2.75) is 59.9 Å². The number of anilines is 2. The zero-order valence-electron chi connectivity index (χ0n) is 17.3. The van der Waals surface area contributed by atoms with E-state index >= 15 is 0 Å². The number of aromatic nitrogens is 2. The Kier molecular flexibility index (Phi) is 6.06. The maximum absolute atomic E-state index is 4.80. The van der Waals surface area contributed by atoms with Crippen LogP contribution in [0.1, 0.15) is 53.9 Å². The van der Waals surface area contributed by atoms with Gasteiger partial charge in [-0.15, -0.1) is 0 Å². The first-order valence-electron chi connectivity index (χ1n) is 10.4. The number of nitrogens with zero attached hydrogens (tertiary/aromatic N) is 3. The summed E-state index contributed by atoms with van der Waals surface area (Å²) in [5.74, 6) is 3.96. The number of hydrogen-bond donors (Lipinski definition) is 2. The zero-order valence-corrected chi connectivity index (χ0v) is 17.3. The molecule has 0 aromatic carbocycles. The van der Waals surface area contributed by atoms with Gasteiger partial charge in [-0.1, -0.05) is 41.0 Å². The first kappa shape index (κ1) is 19.4. The van der Waals surface area contributed by atoms with Gasteiger partial charge >= 0.3 is 0 Å². The quantitative estimate of drug-likeness (QED) is 0.740. The van der Waals surface area contributed by atoms with E-state index in [-0.39, 0.29) is 0 Å². The van der Waals surface area contributed by atoms with Crippen LogP contribution in [-0.4, -0.2) is 42.2 Å². The van der Waals surface area contributed by atoms with Gasteiger partial charge in [0.15, 0.2) is 0 Å². The van der Waals surface area contributed by atoms with E-state index < -0.39 is 0 Å². The molecule has 2 fully saturated rings. The fourth-order valence-corrected chi connectivity index (χ4v) is 4.22. The van der Waals surface area contributed by atoms with Crippen molar-refractivity contribution >= 4 is 11.8 Å². The lowest BCUT2D eigenvalue weighted by molar-refractivity contribution is 0.188. The van der Waals surface area contributed by atoms with Crippen LogP contribution < -0.4 is 15.5 Å². The Balaban J connectivity index is 1.56. The summed E-state index contributed by atoms with van der Waals surface area (Å²) in [5, 5.41) is 7.12. The largest absolute Gasteiger partial charge is 0.355 e. The second kappa shape index (κ2) is 8.12. The highest BCUT2D eigenvalue weighted by Crippen LogP contribution is 2.34. The molecule has 146 valence electrons. The molecule has 1 unspecified atom stereocenters. The van der Waals surface area contributed by atoms with E-state index in [1.165, 1.54) is 25.8 Å². The van der Waals surface area contributed by atoms with E-state index in [4.69, 9.17) is 4.98 Å². The summed E-state index contributed by atoms with van der Waals surface area (Å²) in [4.78, 5) is 11.7. The van der Waals surface area contributed by atoms with Crippen molar-refractivity contribution < 1.29 is 0 Å². The molecule has 0 bridgehead atoms. The Morgan fingerprint density at radius 3 is 2.85 bits per heavy atom. The van der Waals surface area contributed by atoms with Crippen molar-refractivity contribution in [2.75, 3.05) is 36.4 Å². The molecule has 0 saturated carbocycles. The maximum Gasteiger partial charge on any atom is 0.224 e. The van der Waals surface area contributed by atoms with E-state index in [9.17, 15) is 0 Å². The summed E-state index contributed by atoms with van der Waals surface area (Å²) in [6, 6.07) is 2.69. The monoisotopic (exact) mass is 359 g/mol. The molecule has 3 atom stereocenters. The Bertz CT molecular complexity index is 574. The highest BCUT2D eigenvalue weighted by Gasteiger charge is 2.36. The van der Waals surface area contributed by atoms with Crippen LogP contribution in [0.3, 0.4) is 0 Å². The smallest absolute Gasteiger partial charge is 0.224 e. The van der Waals surface area contributed by atoms with Crippen LogP contribution in [0.4, 0.5) is 11.8 Å². The van der Waals surface area contributed by atoms with Crippen LogP contribution in [0.15, 0.2) is 12.3 Å². The minimum absolute atomic E-state index is 0.366. The summed E-state index contributed by atoms with van der Waals surface area (Å²) in [6.07, 6.45) is 5.60. The van der Waals surface area contributed by atoms with Crippen LogP contribution >= 0.6 is 0 Å². The van der Waals surface area contributed by atoms with Crippen molar-refractivity contribution in [3.8, 4) is 0 Å². The molecule has 5 nitrogen and oxygen atoms in total. The van der Waals surface area contributed by atoms with E-state index in [1.807, 2.05) is 12.3 Å². The van der Waals surface area contributed by atoms with Gasteiger partial charge in [-0.3, -0.25) is 0 Å². The molecule has 2 saturated heterocycles. The predicted octanol–water partition coefficient (Wildman–Crippen LogP) is 3.79. The van der Waals surface area contributed by atoms with Gasteiger partial charge in [0.2, 0.25) is 5.95 Å². The highest BCUT2D eigenvalue weighted by molar-refractivity contribution is 5.44. The van der Waals surface area contributed by atoms with Crippen molar-refractivity contribution in [1.82, 2.24) is 15.3 Å². The fourth-order valence-electron chi connectivity index (χ4n) is 4.22. The van der Waals surface area contributed by atoms with Crippen LogP contribution in [0.5, 0.6) is 0 Å². The lowest BCUT2D eigenvalue weighted by Gasteiger charge is -2.33. The summed E-state index contributed by atoms with van der Waals surface area (Å²) in [6.45, 7) is 16.0. The van der Waals surface area contributed by atoms with Gasteiger partial charge in [-0.25, -0.2) is 4.98 Å². The SMILES string of the molecule is CCC(CNc1nccc(N2C[C@H]3CCN[C@H]3C2)n1)CC(C)(C)C(C)C. The van der Waals surface area contributed by atoms with Crippen molar-refractivity contribution in [2.24, 2.45) is 23.2 Å². The summed E-state index contributed by atoms with van der Waals surface area (Å²) >= 11 is 0. The Morgan fingerprint density at radius 2 is 2.15 bits per heavy atom. The second-order valence-corrected chi connectivity index (χ2v) is 9.26. The molecule has 3 rings (SSSR count). The Morgan fingerprint density at radius 1 is 1.35 bits per heavy atom. The molecule has 1 aromatic heterocycles. The van der Waals surface area contributed by atoms with E-state index in [1.54, 1.807) is 0 Å². The van der Waals surface area contributed by atoms with E-state index in [2.05, 4.69) is 55.1 Å². The second-order valence-electron chi connectivity index (χ2n) is 9.26. The van der Waals surface area contributed by atoms with Gasteiger partial charge in [-0.05, 0) is 48.6 Å². The average Bonchev–Trinajstić information content (AvgIpc) is 3.20. The van der Waals surface area contributed by atoms with E-state index in [0.717, 1.165) is 37.3 Å². The molecule has 0 spiro atoms. The van der Waals surface area contributed by atoms with Crippen molar-refractivity contribution in [3.63, 3.8) is 0 Å². The zero-order chi connectivity index (χ0) is 18.7. The molecule has 0 amide bonds. The molecule has 2 aliphatic rings. The van der Waals surface area contributed by atoms with Crippen LogP contribution in [0.25, 0.3) is 0 Å². The molecule has 3 heterocycles. The Labute approximate surface area is 159 Å². The molecule has 2 N–H and O–H groups in total. The highest BCUT2D eigenvalue weighted by atomic mass is 15.3. The van der Waals surface area contributed by atoms with E-state index in [0.29, 0.717) is 23.3 Å². The normalized spacial score (nSPS) is 24.2. The predicted molar refractivity (Wildman–Crippen MR) is 110 cm³/mol. The van der Waals surface area contributed by atoms with Gasteiger partial charge in [0.25, 0.3) is 0 Å². The van der Waals surface area contributed by atoms with Crippen LogP contribution in [0.2, 0.25) is 0 Å². The van der Waals surface area contributed by atoms with Crippen LogP contribution in [-0.2, 0) is 0 Å². The maximum atomic E-state index is 4.80. The molecule has 26 heavy (non-hydrogen) atoms. The minimum atomic E-state index is 0.366. The third-order valence-corrected chi connectivity index (χ3v) is 6.83. The van der Waals surface area contributed by atoms with Crippen molar-refractivity contribution in [3.05, 3.63) is 12.3 Å². The molecular weight excluding hydrogens is 322 g/mol. The topological polar surface area (TPSA) is 53.1 Å². The lowest BCUT2D eigenvalue weighted by atomic mass is 9.74. The molecule has 5 heteroatoms. The Hall–Kier alpha value is -1.36. The first-order valence-corrected chi connectivity index (χ1v) is 10.4. The van der Waals surface area contributed by atoms with Gasteiger partial charge in [0, 0.05) is 31.9 Å². The lowest BCUT2D eigenvalue weighted by Crippen LogP contribution is -2.30. The average molecular weight is 360 g/mol. The van der Waals surface area contributed by atoms with Crippen LogP contribution in [0, 0.1) is 23.2 Å². The van der Waals surface area contributed by atoms with Crippen molar-refractivity contribution in [1.29, 1.82) is 0 Å². The number of rotatable bonds is 8. The molecular formula is C21H37N5. The standard InChI is InChI=1S/C21H37N5/c1-6-16(11-21(4,5)15(2)3)12-24-20-23-10-8-19(25-20)26-13-17-7-9-22-18(17)14-26/h8,10,15-18,22H,6-7,9,11-14H2,1-5H3,(H,23,24,25)/t16?,17-,18+/m1/s1. The van der Waals surface area contributed by atoms with Gasteiger partial charge in [-0.2, -0.15) is 4.98 Å². The summed E-state index contributed by atoms with van der Waals surface area (Å²) < 4.78 is 0. The minimum Gasteiger partial charge on any atom is -0.355 e. The molecule has 2 aliphatic heterocycles. The number of hydrogen-bond acceptors (Lipinski definition) is 5. The third-order valence-electron chi connectivity index (χ3n) is 6.83. The summed E-state index contributed by atoms with van der Waals surface area (Å²) in [5.41, 5.74) is 0.366.